The normalized spacial score (nSPS) is 13.1. The van der Waals surface area contributed by atoms with Crippen LogP contribution in [0.2, 0.25) is 0 Å². The number of pyridine rings is 1. The van der Waals surface area contributed by atoms with Gasteiger partial charge in [-0.25, -0.2) is 4.98 Å². The molecule has 328 valence electrons. The zero-order valence-corrected chi connectivity index (χ0v) is 39.2. The highest BCUT2D eigenvalue weighted by atomic mass is 15.4. The van der Waals surface area contributed by atoms with Crippen LogP contribution in [-0.4, -0.2) is 11.7 Å². The van der Waals surface area contributed by atoms with E-state index in [9.17, 15) is 0 Å². The molecule has 5 heteroatoms. The number of nitrogens with zero attached hydrogens (tertiary/aromatic N) is 5. The summed E-state index contributed by atoms with van der Waals surface area (Å²) in [4.78, 5) is 14.7. The molecular weight excluding hydrogens is 815 g/mol. The number of rotatable bonds is 7. The van der Waals surface area contributed by atoms with Crippen LogP contribution in [-0.2, 0) is 10.8 Å². The monoisotopic (exact) mass is 869 g/mol. The fourth-order valence-electron chi connectivity index (χ4n) is 9.82. The Morgan fingerprint density at radius 2 is 0.985 bits per heavy atom. The molecule has 0 spiro atoms. The number of aromatic nitrogens is 1. The van der Waals surface area contributed by atoms with Gasteiger partial charge in [-0.2, -0.15) is 0 Å². The highest BCUT2D eigenvalue weighted by Gasteiger charge is 2.31. The summed E-state index contributed by atoms with van der Waals surface area (Å²) in [7, 11) is 0. The first-order valence-electron chi connectivity index (χ1n) is 23.4. The van der Waals surface area contributed by atoms with Crippen LogP contribution in [0.25, 0.3) is 33.4 Å². The van der Waals surface area contributed by atoms with E-state index >= 15 is 0 Å². The smallest absolute Gasteiger partial charge is 0.137 e. The highest BCUT2D eigenvalue weighted by Crippen LogP contribution is 2.53. The zero-order chi connectivity index (χ0) is 45.9. The molecule has 2 aliphatic heterocycles. The summed E-state index contributed by atoms with van der Waals surface area (Å²) in [5.74, 6) is 0.862. The van der Waals surface area contributed by atoms with Crippen LogP contribution in [0.3, 0.4) is 0 Å². The minimum Gasteiger partial charge on any atom is -0.321 e. The van der Waals surface area contributed by atoms with Gasteiger partial charge in [-0.1, -0.05) is 163 Å². The molecule has 0 aliphatic carbocycles. The summed E-state index contributed by atoms with van der Waals surface area (Å²) >= 11 is 0. The Bertz CT molecular complexity index is 3250. The lowest BCUT2D eigenvalue weighted by atomic mass is 9.87. The highest BCUT2D eigenvalue weighted by molar-refractivity contribution is 6.03. The molecule has 0 saturated heterocycles. The van der Waals surface area contributed by atoms with Gasteiger partial charge >= 0.3 is 0 Å². The molecule has 1 aromatic heterocycles. The summed E-state index contributed by atoms with van der Waals surface area (Å²) in [5, 5.41) is 0. The summed E-state index contributed by atoms with van der Waals surface area (Å²) in [6, 6.07) is 75.6. The summed E-state index contributed by atoms with van der Waals surface area (Å²) < 4.78 is 0. The first kappa shape index (κ1) is 41.8. The lowest BCUT2D eigenvalue weighted by molar-refractivity contribution is 0.590. The van der Waals surface area contributed by atoms with Gasteiger partial charge in [0, 0.05) is 45.8 Å². The van der Waals surface area contributed by atoms with Crippen molar-refractivity contribution in [2.45, 2.75) is 52.4 Å². The fraction of sp³-hybridized carbons (Fsp3) is 0.145. The van der Waals surface area contributed by atoms with Crippen molar-refractivity contribution >= 4 is 57.0 Å². The van der Waals surface area contributed by atoms with Gasteiger partial charge in [0.1, 0.15) is 12.5 Å². The molecule has 0 fully saturated rings. The Morgan fingerprint density at radius 3 is 1.66 bits per heavy atom. The fourth-order valence-corrected chi connectivity index (χ4v) is 9.82. The molecular formula is C62H55N5. The van der Waals surface area contributed by atoms with Crippen LogP contribution >= 0.6 is 0 Å². The maximum Gasteiger partial charge on any atom is 0.137 e. The standard InChI is InChI=1S/C62H55N5/c1-61(2,3)45-30-32-47(33-31-45)66(49-34-35-55-53-24-11-10-23-52(53)54-25-12-13-26-56(54)67(59(55)41-49)60-29-16-17-36-63-60)51-38-44(43-19-8-7-9-20-43)37-50(40-51)65-42-64(57-27-14-15-28-58(57)65)48-22-18-21-46(39-48)62(4,5)6/h7-41H,42H2,1-6H3. The lowest BCUT2D eigenvalue weighted by Crippen LogP contribution is -2.24. The predicted molar refractivity (Wildman–Crippen MR) is 283 cm³/mol. The second-order valence-electron chi connectivity index (χ2n) is 19.8. The molecule has 67 heavy (non-hydrogen) atoms. The third kappa shape index (κ3) is 7.70. The zero-order valence-electron chi connectivity index (χ0n) is 39.2. The summed E-state index contributed by atoms with van der Waals surface area (Å²) in [5.41, 5.74) is 19.6. The van der Waals surface area contributed by atoms with E-state index in [2.05, 4.69) is 261 Å². The van der Waals surface area contributed by atoms with Crippen molar-refractivity contribution in [2.24, 2.45) is 0 Å². The van der Waals surface area contributed by atoms with Gasteiger partial charge in [-0.15, -0.1) is 0 Å². The second-order valence-corrected chi connectivity index (χ2v) is 19.8. The topological polar surface area (TPSA) is 25.9 Å². The SMILES string of the molecule is CC(C)(C)c1ccc(N(c2cc(-c3ccccc3)cc(N3CN(c4cccc(C(C)(C)C)c4)c4ccccc43)c2)c2ccc3c(c2)N(c2ccccn2)c2ccccc2-c2ccccc2-3)cc1. The van der Waals surface area contributed by atoms with E-state index < -0.39 is 0 Å². The van der Waals surface area contributed by atoms with Crippen LogP contribution in [0.4, 0.5) is 57.0 Å². The molecule has 0 radical (unpaired) electrons. The third-order valence-electron chi connectivity index (χ3n) is 13.4. The van der Waals surface area contributed by atoms with Crippen molar-refractivity contribution in [3.05, 3.63) is 224 Å². The Hall–Kier alpha value is -7.89. The minimum absolute atomic E-state index is 0.000784. The Balaban J connectivity index is 1.13. The van der Waals surface area contributed by atoms with Crippen molar-refractivity contribution in [2.75, 3.05) is 26.3 Å². The van der Waals surface area contributed by atoms with Crippen LogP contribution < -0.4 is 19.6 Å². The molecule has 8 aromatic carbocycles. The van der Waals surface area contributed by atoms with Gasteiger partial charge in [0.2, 0.25) is 0 Å². The minimum atomic E-state index is -0.000784. The third-order valence-corrected chi connectivity index (χ3v) is 13.4. The number of para-hydroxylation sites is 3. The van der Waals surface area contributed by atoms with E-state index in [1.165, 1.54) is 44.9 Å². The molecule has 2 aliphatic rings. The van der Waals surface area contributed by atoms with Crippen molar-refractivity contribution < 1.29 is 0 Å². The lowest BCUT2D eigenvalue weighted by Gasteiger charge is -2.31. The number of hydrogen-bond donors (Lipinski definition) is 0. The molecule has 3 heterocycles. The van der Waals surface area contributed by atoms with Crippen molar-refractivity contribution in [1.29, 1.82) is 0 Å². The molecule has 9 aromatic rings. The Labute approximate surface area is 395 Å². The van der Waals surface area contributed by atoms with Crippen LogP contribution in [0.15, 0.2) is 212 Å². The van der Waals surface area contributed by atoms with Gasteiger partial charge in [0.15, 0.2) is 0 Å². The second kappa shape index (κ2) is 16.5. The summed E-state index contributed by atoms with van der Waals surface area (Å²) in [6.07, 6.45) is 1.89. The summed E-state index contributed by atoms with van der Waals surface area (Å²) in [6.45, 7) is 14.4. The molecule has 0 saturated carbocycles. The Kier molecular flexibility index (Phi) is 10.3. The van der Waals surface area contributed by atoms with Gasteiger partial charge in [-0.05, 0) is 129 Å². The predicted octanol–water partition coefficient (Wildman–Crippen LogP) is 17.2. The maximum atomic E-state index is 4.99. The number of hydrogen-bond acceptors (Lipinski definition) is 5. The van der Waals surface area contributed by atoms with E-state index in [4.69, 9.17) is 4.98 Å². The molecule has 0 amide bonds. The average Bonchev–Trinajstić information content (AvgIpc) is 3.69. The van der Waals surface area contributed by atoms with E-state index in [-0.39, 0.29) is 10.8 Å². The van der Waals surface area contributed by atoms with E-state index in [0.29, 0.717) is 6.67 Å². The van der Waals surface area contributed by atoms with Gasteiger partial charge < -0.3 is 14.7 Å². The number of anilines is 10. The van der Waals surface area contributed by atoms with Crippen molar-refractivity contribution in [3.63, 3.8) is 0 Å². The van der Waals surface area contributed by atoms with E-state index in [0.717, 1.165) is 56.6 Å². The average molecular weight is 870 g/mol. The molecule has 0 atom stereocenters. The first-order chi connectivity index (χ1) is 32.5. The molecule has 11 rings (SSSR count). The molecule has 0 bridgehead atoms. The van der Waals surface area contributed by atoms with Gasteiger partial charge in [0.25, 0.3) is 0 Å². The van der Waals surface area contributed by atoms with Crippen LogP contribution in [0.5, 0.6) is 0 Å². The van der Waals surface area contributed by atoms with Crippen LogP contribution in [0.1, 0.15) is 52.7 Å². The molecule has 0 unspecified atom stereocenters. The number of fused-ring (bicyclic) bond motifs is 6. The quantitative estimate of drug-likeness (QED) is 0.159. The van der Waals surface area contributed by atoms with Crippen molar-refractivity contribution in [3.8, 4) is 33.4 Å². The largest absolute Gasteiger partial charge is 0.321 e. The Morgan fingerprint density at radius 1 is 0.388 bits per heavy atom. The molecule has 0 N–H and O–H groups in total. The van der Waals surface area contributed by atoms with Gasteiger partial charge in [0.05, 0.1) is 22.7 Å². The van der Waals surface area contributed by atoms with Crippen LogP contribution in [0, 0.1) is 0 Å². The van der Waals surface area contributed by atoms with Crippen molar-refractivity contribution in [1.82, 2.24) is 4.98 Å². The number of benzene rings is 8. The van der Waals surface area contributed by atoms with E-state index in [1.807, 2.05) is 12.3 Å². The van der Waals surface area contributed by atoms with Gasteiger partial charge in [-0.3, -0.25) is 4.90 Å². The van der Waals surface area contributed by atoms with E-state index in [1.54, 1.807) is 0 Å². The maximum absolute atomic E-state index is 4.99. The first-order valence-corrected chi connectivity index (χ1v) is 23.4. The molecule has 5 nitrogen and oxygen atoms in total.